The van der Waals surface area contributed by atoms with Gasteiger partial charge in [-0.1, -0.05) is 32.0 Å². The van der Waals surface area contributed by atoms with E-state index in [2.05, 4.69) is 25.3 Å². The molecule has 1 aromatic carbocycles. The molecule has 4 aromatic rings. The van der Waals surface area contributed by atoms with E-state index in [0.29, 0.717) is 12.2 Å². The summed E-state index contributed by atoms with van der Waals surface area (Å²) in [4.78, 5) is 62.9. The van der Waals surface area contributed by atoms with E-state index < -0.39 is 28.9 Å². The van der Waals surface area contributed by atoms with Crippen LogP contribution in [0.3, 0.4) is 0 Å². The Hall–Kier alpha value is -3.95. The van der Waals surface area contributed by atoms with Gasteiger partial charge in [0.25, 0.3) is 11.1 Å². The quantitative estimate of drug-likeness (QED) is 0.382. The van der Waals surface area contributed by atoms with Crippen molar-refractivity contribution in [2.24, 2.45) is 5.92 Å². The Labute approximate surface area is 180 Å². The predicted octanol–water partition coefficient (Wildman–Crippen LogP) is 1.26. The van der Waals surface area contributed by atoms with Crippen LogP contribution < -0.4 is 22.1 Å². The van der Waals surface area contributed by atoms with E-state index in [9.17, 15) is 19.2 Å². The molecule has 32 heavy (non-hydrogen) atoms. The van der Waals surface area contributed by atoms with Gasteiger partial charge in [-0.25, -0.2) is 9.78 Å². The predicted molar refractivity (Wildman–Crippen MR) is 119 cm³/mol. The molecule has 1 amide bonds. The Balaban J connectivity index is 1.74. The molecule has 3 aromatic heterocycles. The van der Waals surface area contributed by atoms with Gasteiger partial charge in [-0.2, -0.15) is 0 Å². The van der Waals surface area contributed by atoms with Crippen LogP contribution in [0.1, 0.15) is 43.7 Å². The van der Waals surface area contributed by atoms with E-state index in [4.69, 9.17) is 0 Å². The topological polar surface area (TPSA) is 145 Å². The fraction of sp³-hybridized carbons (Fsp3) is 0.318. The van der Waals surface area contributed by atoms with Crippen LogP contribution >= 0.6 is 0 Å². The van der Waals surface area contributed by atoms with E-state index in [1.807, 2.05) is 44.3 Å². The van der Waals surface area contributed by atoms with Crippen molar-refractivity contribution in [3.8, 4) is 0 Å². The van der Waals surface area contributed by atoms with Gasteiger partial charge in [0.1, 0.15) is 17.4 Å². The number of aromatic amines is 3. The number of fused-ring (bicyclic) bond motifs is 3. The van der Waals surface area contributed by atoms with Crippen molar-refractivity contribution in [2.75, 3.05) is 0 Å². The number of carbonyl (C=O) groups is 1. The highest BCUT2D eigenvalue weighted by molar-refractivity contribution is 5.86. The van der Waals surface area contributed by atoms with Crippen LogP contribution in [0.15, 0.2) is 44.8 Å². The molecule has 2 atom stereocenters. The maximum absolute atomic E-state index is 13.5. The minimum absolute atomic E-state index is 0.142. The molecule has 0 saturated carbocycles. The summed E-state index contributed by atoms with van der Waals surface area (Å²) < 4.78 is 1.34. The Morgan fingerprint density at radius 1 is 1.09 bits per heavy atom. The molecule has 10 nitrogen and oxygen atoms in total. The van der Waals surface area contributed by atoms with Crippen LogP contribution in [-0.2, 0) is 11.2 Å². The summed E-state index contributed by atoms with van der Waals surface area (Å²) in [5, 5.41) is 3.94. The van der Waals surface area contributed by atoms with Crippen molar-refractivity contribution in [1.82, 2.24) is 29.8 Å². The van der Waals surface area contributed by atoms with Gasteiger partial charge in [-0.05, 0) is 24.0 Å². The molecule has 0 unspecified atom stereocenters. The van der Waals surface area contributed by atoms with E-state index in [0.717, 1.165) is 16.5 Å². The third-order valence-corrected chi connectivity index (χ3v) is 5.86. The number of amides is 1. The van der Waals surface area contributed by atoms with Crippen LogP contribution in [0, 0.1) is 5.92 Å². The first kappa shape index (κ1) is 20.0. The van der Waals surface area contributed by atoms with Crippen LogP contribution in [0.2, 0.25) is 0 Å². The minimum atomic E-state index is -0.875. The zero-order valence-electron chi connectivity index (χ0n) is 17.6. The molecule has 1 aliphatic heterocycles. The normalized spacial score (nSPS) is 18.3. The highest BCUT2D eigenvalue weighted by Gasteiger charge is 2.36. The number of para-hydroxylation sites is 1. The van der Waals surface area contributed by atoms with Crippen molar-refractivity contribution in [1.29, 1.82) is 0 Å². The van der Waals surface area contributed by atoms with Crippen molar-refractivity contribution >= 4 is 27.8 Å². The van der Waals surface area contributed by atoms with Gasteiger partial charge in [0.2, 0.25) is 5.91 Å². The summed E-state index contributed by atoms with van der Waals surface area (Å²) in [6.45, 7) is 4.00. The highest BCUT2D eigenvalue weighted by atomic mass is 16.2. The third kappa shape index (κ3) is 3.15. The summed E-state index contributed by atoms with van der Waals surface area (Å²) in [6, 6.07) is 6.31. The molecule has 10 heteroatoms. The van der Waals surface area contributed by atoms with Gasteiger partial charge in [-0.3, -0.25) is 23.9 Å². The zero-order valence-corrected chi connectivity index (χ0v) is 17.6. The van der Waals surface area contributed by atoms with E-state index >= 15 is 0 Å². The molecular formula is C22H22N6O4. The lowest BCUT2D eigenvalue weighted by atomic mass is 9.97. The van der Waals surface area contributed by atoms with Crippen molar-refractivity contribution < 1.29 is 4.79 Å². The second-order valence-corrected chi connectivity index (χ2v) is 8.55. The molecular weight excluding hydrogens is 412 g/mol. The number of nitrogens with zero attached hydrogens (tertiary/aromatic N) is 2. The molecule has 4 heterocycles. The summed E-state index contributed by atoms with van der Waals surface area (Å²) in [5.74, 6) is 0.224. The molecule has 4 N–H and O–H groups in total. The number of H-pyrrole nitrogens is 3. The molecule has 0 spiro atoms. The maximum Gasteiger partial charge on any atom is 0.326 e. The van der Waals surface area contributed by atoms with Gasteiger partial charge in [-0.15, -0.1) is 0 Å². The largest absolute Gasteiger partial charge is 0.361 e. The van der Waals surface area contributed by atoms with E-state index in [1.54, 1.807) is 0 Å². The number of carbonyl (C=O) groups excluding carboxylic acids is 1. The van der Waals surface area contributed by atoms with Gasteiger partial charge in [0.05, 0.1) is 6.04 Å². The van der Waals surface area contributed by atoms with Crippen LogP contribution in [0.4, 0.5) is 0 Å². The first-order valence-corrected chi connectivity index (χ1v) is 10.5. The average Bonchev–Trinajstić information content (AvgIpc) is 3.14. The minimum Gasteiger partial charge on any atom is -0.361 e. The van der Waals surface area contributed by atoms with Crippen LogP contribution in [-0.4, -0.2) is 30.4 Å². The lowest BCUT2D eigenvalue weighted by Crippen LogP contribution is -2.49. The second kappa shape index (κ2) is 7.33. The molecule has 5 rings (SSSR count). The third-order valence-electron chi connectivity index (χ3n) is 5.86. The number of rotatable bonds is 4. The Kier molecular flexibility index (Phi) is 4.58. The van der Waals surface area contributed by atoms with Gasteiger partial charge in [0.15, 0.2) is 5.52 Å². The molecule has 0 bridgehead atoms. The van der Waals surface area contributed by atoms with Crippen molar-refractivity contribution in [3.63, 3.8) is 0 Å². The van der Waals surface area contributed by atoms with E-state index in [-0.39, 0.29) is 29.3 Å². The summed E-state index contributed by atoms with van der Waals surface area (Å²) >= 11 is 0. The molecule has 1 aliphatic rings. The lowest BCUT2D eigenvalue weighted by molar-refractivity contribution is -0.126. The molecule has 164 valence electrons. The number of benzene rings is 1. The van der Waals surface area contributed by atoms with E-state index in [1.165, 1.54) is 4.57 Å². The first-order chi connectivity index (χ1) is 15.3. The maximum atomic E-state index is 13.5. The lowest BCUT2D eigenvalue weighted by Gasteiger charge is -2.33. The first-order valence-electron chi connectivity index (χ1n) is 10.5. The standard InChI is InChI=1S/C22H22N6O4/c1-10(2)7-14-18-25-16-17(26-22(32)27-20(16)30)21(31)28(18)15(19(29)24-14)8-11-9-23-13-6-4-3-5-12(11)13/h3-6,9-10,14-15,23H,7-8H2,1-2H3,(H,24,29)(H2,26,27,30,32)/t14-,15+/m0/s1. The molecule has 0 saturated heterocycles. The number of hydrogen-bond acceptors (Lipinski definition) is 5. The SMILES string of the molecule is CC(C)C[C@@H]1NC(=O)[C@@H](Cc2c[nH]c3ccccc23)n2c1nc1c(=O)[nH]c(=O)[nH]c1c2=O. The van der Waals surface area contributed by atoms with Gasteiger partial charge >= 0.3 is 5.69 Å². The Bertz CT molecular complexity index is 1540. The number of aromatic nitrogens is 5. The summed E-state index contributed by atoms with van der Waals surface area (Å²) in [5.41, 5.74) is -0.689. The van der Waals surface area contributed by atoms with Gasteiger partial charge in [0, 0.05) is 23.5 Å². The smallest absolute Gasteiger partial charge is 0.326 e. The summed E-state index contributed by atoms with van der Waals surface area (Å²) in [6.07, 6.45) is 2.62. The number of hydrogen-bond donors (Lipinski definition) is 4. The number of nitrogens with one attached hydrogen (secondary N) is 4. The average molecular weight is 434 g/mol. The fourth-order valence-electron chi connectivity index (χ4n) is 4.46. The van der Waals surface area contributed by atoms with Crippen LogP contribution in [0.5, 0.6) is 0 Å². The Morgan fingerprint density at radius 2 is 1.88 bits per heavy atom. The molecule has 0 fully saturated rings. The second-order valence-electron chi connectivity index (χ2n) is 8.55. The van der Waals surface area contributed by atoms with Crippen molar-refractivity contribution in [3.05, 3.63) is 73.0 Å². The Morgan fingerprint density at radius 3 is 2.66 bits per heavy atom. The highest BCUT2D eigenvalue weighted by Crippen LogP contribution is 2.30. The van der Waals surface area contributed by atoms with Crippen LogP contribution in [0.25, 0.3) is 21.9 Å². The van der Waals surface area contributed by atoms with Crippen molar-refractivity contribution in [2.45, 2.75) is 38.8 Å². The summed E-state index contributed by atoms with van der Waals surface area (Å²) in [7, 11) is 0. The zero-order chi connectivity index (χ0) is 22.6. The monoisotopic (exact) mass is 434 g/mol. The fourth-order valence-corrected chi connectivity index (χ4v) is 4.46. The molecule has 0 radical (unpaired) electrons. The molecule has 0 aliphatic carbocycles. The van der Waals surface area contributed by atoms with Gasteiger partial charge < -0.3 is 15.3 Å².